The number of unbranched alkanes of at least 4 members (excludes halogenated alkanes) is 78. The Labute approximate surface area is 617 Å². The summed E-state index contributed by atoms with van der Waals surface area (Å²) in [6.45, 7) is 5.04. The first-order chi connectivity index (χ1) is 48.5. The van der Waals surface area contributed by atoms with Crippen molar-refractivity contribution in [3.8, 4) is 0 Å². The van der Waals surface area contributed by atoms with Crippen LogP contribution in [0.2, 0.25) is 0 Å². The fourth-order valence-electron chi connectivity index (χ4n) is 15.4. The molecule has 0 radical (unpaired) electrons. The van der Waals surface area contributed by atoms with Crippen molar-refractivity contribution in [2.75, 3.05) is 13.2 Å². The van der Waals surface area contributed by atoms with Crippen molar-refractivity contribution in [2.24, 2.45) is 0 Å². The van der Waals surface area contributed by atoms with E-state index in [1.807, 2.05) is 0 Å². The molecule has 6 heteroatoms. The van der Waals surface area contributed by atoms with Crippen LogP contribution in [0.4, 0.5) is 0 Å². The molecule has 0 bridgehead atoms. The van der Waals surface area contributed by atoms with Gasteiger partial charge in [0.1, 0.15) is 0 Å². The molecule has 0 aliphatic carbocycles. The van der Waals surface area contributed by atoms with E-state index in [1.165, 1.54) is 482 Å². The van der Waals surface area contributed by atoms with Crippen molar-refractivity contribution < 1.29 is 24.5 Å². The molecule has 0 fully saturated rings. The summed E-state index contributed by atoms with van der Waals surface area (Å²) in [5.74, 6) is 0.00879. The maximum Gasteiger partial charge on any atom is 0.305 e. The molecule has 2 atom stereocenters. The van der Waals surface area contributed by atoms with Gasteiger partial charge in [0.25, 0.3) is 0 Å². The first kappa shape index (κ1) is 96.9. The van der Waals surface area contributed by atoms with E-state index in [4.69, 9.17) is 4.74 Å². The minimum atomic E-state index is -0.661. The largest absolute Gasteiger partial charge is 0.466 e. The zero-order valence-corrected chi connectivity index (χ0v) is 67.6. The molecule has 0 saturated heterocycles. The van der Waals surface area contributed by atoms with Gasteiger partial charge < -0.3 is 20.3 Å². The number of carbonyl (C=O) groups excluding carboxylic acids is 2. The molecule has 0 rings (SSSR count). The summed E-state index contributed by atoms with van der Waals surface area (Å²) in [4.78, 5) is 24.7. The molecule has 0 aliphatic rings. The number of hydrogen-bond acceptors (Lipinski definition) is 5. The zero-order chi connectivity index (χ0) is 70.5. The van der Waals surface area contributed by atoms with Crippen molar-refractivity contribution in [1.29, 1.82) is 0 Å². The Morgan fingerprint density at radius 3 is 0.622 bits per heavy atom. The van der Waals surface area contributed by atoms with Crippen LogP contribution in [0.15, 0.2) is 0 Å². The van der Waals surface area contributed by atoms with Gasteiger partial charge in [-0.15, -0.1) is 0 Å². The van der Waals surface area contributed by atoms with Crippen LogP contribution in [-0.2, 0) is 14.3 Å². The van der Waals surface area contributed by atoms with E-state index >= 15 is 0 Å². The van der Waals surface area contributed by atoms with Crippen molar-refractivity contribution in [2.45, 2.75) is 565 Å². The predicted molar refractivity (Wildman–Crippen MR) is 435 cm³/mol. The minimum Gasteiger partial charge on any atom is -0.466 e. The lowest BCUT2D eigenvalue weighted by Gasteiger charge is -2.22. The number of esters is 1. The number of aliphatic hydroxyl groups is 2. The Morgan fingerprint density at radius 1 is 0.245 bits per heavy atom. The van der Waals surface area contributed by atoms with Crippen LogP contribution in [0.3, 0.4) is 0 Å². The average Bonchev–Trinajstić information content (AvgIpc) is 2.56. The van der Waals surface area contributed by atoms with E-state index in [1.54, 1.807) is 0 Å². The quantitative estimate of drug-likeness (QED) is 0.0417. The van der Waals surface area contributed by atoms with Gasteiger partial charge in [-0.25, -0.2) is 0 Å². The van der Waals surface area contributed by atoms with E-state index in [9.17, 15) is 19.8 Å². The maximum atomic E-state index is 12.6. The molecule has 0 saturated carbocycles. The Bertz CT molecular complexity index is 1450. The van der Waals surface area contributed by atoms with E-state index in [-0.39, 0.29) is 18.5 Å². The average molecular weight is 1380 g/mol. The molecule has 0 aromatic heterocycles. The molecule has 0 spiro atoms. The van der Waals surface area contributed by atoms with Gasteiger partial charge in [0, 0.05) is 12.8 Å². The van der Waals surface area contributed by atoms with E-state index in [0.717, 1.165) is 38.5 Å². The summed E-state index contributed by atoms with van der Waals surface area (Å²) >= 11 is 0. The van der Waals surface area contributed by atoms with Crippen LogP contribution in [0.5, 0.6) is 0 Å². The van der Waals surface area contributed by atoms with Crippen LogP contribution >= 0.6 is 0 Å². The summed E-state index contributed by atoms with van der Waals surface area (Å²) < 4.78 is 5.53. The number of nitrogens with one attached hydrogen (secondary N) is 1. The second kappa shape index (κ2) is 88.3. The molecular weight excluding hydrogens is 1200 g/mol. The molecule has 0 aliphatic heterocycles. The van der Waals surface area contributed by atoms with Gasteiger partial charge in [0.15, 0.2) is 0 Å². The lowest BCUT2D eigenvalue weighted by Crippen LogP contribution is -2.45. The van der Waals surface area contributed by atoms with E-state index in [2.05, 4.69) is 19.2 Å². The number of ether oxygens (including phenoxy) is 1. The standard InChI is InChI=1S/C92H183NO5/c1-3-5-7-9-11-13-15-17-19-21-23-24-25-43-46-49-52-56-60-64-68-72-76-80-84-90(95)89(88-94)93-91(96)85-81-77-73-69-65-61-57-53-50-47-44-41-39-37-35-33-31-29-27-26-28-30-32-34-36-38-40-42-45-48-51-55-59-63-67-71-75-79-83-87-98-92(97)86-82-78-74-70-66-62-58-54-22-20-18-16-14-12-10-8-6-4-2/h89-90,94-95H,3-88H2,1-2H3,(H,93,96). The molecule has 2 unspecified atom stereocenters. The molecule has 0 aromatic rings. The second-order valence-corrected chi connectivity index (χ2v) is 32.4. The number of aliphatic hydroxyl groups excluding tert-OH is 2. The monoisotopic (exact) mass is 1380 g/mol. The number of hydrogen-bond donors (Lipinski definition) is 3. The molecule has 98 heavy (non-hydrogen) atoms. The van der Waals surface area contributed by atoms with Gasteiger partial charge >= 0.3 is 5.97 Å². The Morgan fingerprint density at radius 2 is 0.418 bits per heavy atom. The molecule has 586 valence electrons. The smallest absolute Gasteiger partial charge is 0.305 e. The Hall–Kier alpha value is -1.14. The van der Waals surface area contributed by atoms with Gasteiger partial charge in [-0.3, -0.25) is 9.59 Å². The minimum absolute atomic E-state index is 0.0215. The first-order valence-corrected chi connectivity index (χ1v) is 46.3. The van der Waals surface area contributed by atoms with Gasteiger partial charge in [0.05, 0.1) is 25.4 Å². The van der Waals surface area contributed by atoms with Gasteiger partial charge in [-0.2, -0.15) is 0 Å². The van der Waals surface area contributed by atoms with E-state index in [0.29, 0.717) is 25.9 Å². The highest BCUT2D eigenvalue weighted by atomic mass is 16.5. The molecule has 6 nitrogen and oxygen atoms in total. The summed E-state index contributed by atoms with van der Waals surface area (Å²) in [6, 6.07) is -0.537. The molecular formula is C92H183NO5. The van der Waals surface area contributed by atoms with Crippen molar-refractivity contribution in [1.82, 2.24) is 5.32 Å². The highest BCUT2D eigenvalue weighted by Gasteiger charge is 2.20. The van der Waals surface area contributed by atoms with Crippen molar-refractivity contribution in [3.05, 3.63) is 0 Å². The normalized spacial score (nSPS) is 12.3. The van der Waals surface area contributed by atoms with Crippen LogP contribution in [0, 0.1) is 0 Å². The highest BCUT2D eigenvalue weighted by Crippen LogP contribution is 2.22. The lowest BCUT2D eigenvalue weighted by molar-refractivity contribution is -0.143. The fraction of sp³-hybridized carbons (Fsp3) is 0.978. The zero-order valence-electron chi connectivity index (χ0n) is 67.6. The third-order valence-corrected chi connectivity index (χ3v) is 22.4. The van der Waals surface area contributed by atoms with Crippen LogP contribution in [0.25, 0.3) is 0 Å². The SMILES string of the molecule is CCCCCCCCCCCCCCCCCCCCCCCCCCC(O)C(CO)NC(=O)CCCCCCCCCCCCCCCCCCCCCCCCCCCCCCCCCCCCCCCCCOC(=O)CCCCCCCCCCCCCCCCCCCC. The molecule has 1 amide bonds. The molecule has 0 heterocycles. The summed E-state index contributed by atoms with van der Waals surface area (Å²) in [7, 11) is 0. The predicted octanol–water partition coefficient (Wildman–Crippen LogP) is 31.2. The van der Waals surface area contributed by atoms with Crippen molar-refractivity contribution in [3.63, 3.8) is 0 Å². The Balaban J connectivity index is 3.28. The van der Waals surface area contributed by atoms with Gasteiger partial charge in [-0.05, 0) is 25.7 Å². The fourth-order valence-corrected chi connectivity index (χ4v) is 15.4. The topological polar surface area (TPSA) is 95.9 Å². The maximum absolute atomic E-state index is 12.6. The lowest BCUT2D eigenvalue weighted by atomic mass is 10.0. The second-order valence-electron chi connectivity index (χ2n) is 32.4. The van der Waals surface area contributed by atoms with Gasteiger partial charge in [0.2, 0.25) is 5.91 Å². The number of amides is 1. The highest BCUT2D eigenvalue weighted by molar-refractivity contribution is 5.76. The van der Waals surface area contributed by atoms with Crippen LogP contribution in [0.1, 0.15) is 553 Å². The van der Waals surface area contributed by atoms with E-state index < -0.39 is 12.1 Å². The van der Waals surface area contributed by atoms with Crippen LogP contribution in [-0.4, -0.2) is 47.4 Å². The number of carbonyl (C=O) groups is 2. The Kier molecular flexibility index (Phi) is 87.2. The summed E-state index contributed by atoms with van der Waals surface area (Å²) in [5, 5.41) is 23.5. The third-order valence-electron chi connectivity index (χ3n) is 22.4. The first-order valence-electron chi connectivity index (χ1n) is 46.3. The third kappa shape index (κ3) is 83.8. The number of rotatable bonds is 89. The van der Waals surface area contributed by atoms with Crippen molar-refractivity contribution >= 4 is 11.9 Å². The summed E-state index contributed by atoms with van der Waals surface area (Å²) in [5.41, 5.74) is 0. The molecule has 0 aromatic carbocycles. The van der Waals surface area contributed by atoms with Gasteiger partial charge in [-0.1, -0.05) is 515 Å². The summed E-state index contributed by atoms with van der Waals surface area (Å²) in [6.07, 6.45) is 113. The van der Waals surface area contributed by atoms with Crippen LogP contribution < -0.4 is 5.32 Å². The molecule has 3 N–H and O–H groups in total.